The zero-order valence-corrected chi connectivity index (χ0v) is 18.5. The van der Waals surface area contributed by atoms with Crippen LogP contribution in [0.25, 0.3) is 11.1 Å². The lowest BCUT2D eigenvalue weighted by Crippen LogP contribution is -2.44. The van der Waals surface area contributed by atoms with Crippen molar-refractivity contribution in [1.29, 1.82) is 0 Å². The van der Waals surface area contributed by atoms with Gasteiger partial charge in [0.2, 0.25) is 11.8 Å². The number of Topliss-reactive ketones (excluding diaryl/α,β-unsaturated/α-hetero) is 1. The van der Waals surface area contributed by atoms with E-state index in [1.165, 1.54) is 18.0 Å². The van der Waals surface area contributed by atoms with Crippen molar-refractivity contribution in [3.63, 3.8) is 0 Å². The van der Waals surface area contributed by atoms with Crippen LogP contribution in [-0.2, 0) is 16.0 Å². The van der Waals surface area contributed by atoms with E-state index >= 15 is 0 Å². The van der Waals surface area contributed by atoms with Crippen molar-refractivity contribution in [3.8, 4) is 11.1 Å². The lowest BCUT2D eigenvalue weighted by Gasteiger charge is -2.24. The first-order valence-corrected chi connectivity index (χ1v) is 11.2. The molecule has 2 aromatic carbocycles. The number of hydrogen-bond donors (Lipinski definition) is 2. The molecule has 2 N–H and O–H groups in total. The zero-order chi connectivity index (χ0) is 22.5. The van der Waals surface area contributed by atoms with Gasteiger partial charge in [-0.2, -0.15) is 0 Å². The van der Waals surface area contributed by atoms with Gasteiger partial charge in [0.1, 0.15) is 12.3 Å². The van der Waals surface area contributed by atoms with Crippen LogP contribution in [0.2, 0.25) is 0 Å². The first-order chi connectivity index (χ1) is 15.5. The molecule has 1 fully saturated rings. The molecule has 0 saturated carbocycles. The fourth-order valence-corrected chi connectivity index (χ4v) is 4.13. The molecule has 0 radical (unpaired) electrons. The summed E-state index contributed by atoms with van der Waals surface area (Å²) in [6.07, 6.45) is 4.70. The number of ketones is 1. The minimum Gasteiger partial charge on any atom is -0.449 e. The highest BCUT2D eigenvalue weighted by atomic mass is 16.3. The fourth-order valence-electron chi connectivity index (χ4n) is 4.13. The topological polar surface area (TPSA) is 84.2 Å². The number of hydrogen-bond acceptors (Lipinski definition) is 5. The number of carbonyl (C=O) groups excluding carboxylic acids is 2. The van der Waals surface area contributed by atoms with Gasteiger partial charge < -0.3 is 15.1 Å². The molecule has 1 aliphatic rings. The lowest BCUT2D eigenvalue weighted by atomic mass is 9.88. The Labute approximate surface area is 188 Å². The van der Waals surface area contributed by atoms with Crippen molar-refractivity contribution in [2.75, 3.05) is 6.54 Å². The predicted molar refractivity (Wildman–Crippen MR) is 123 cm³/mol. The minimum atomic E-state index is -0.798. The quantitative estimate of drug-likeness (QED) is 0.559. The number of nitrogens with zero attached hydrogens (tertiary/aromatic N) is 1. The predicted octanol–water partition coefficient (Wildman–Crippen LogP) is 4.19. The molecule has 0 unspecified atom stereocenters. The zero-order valence-electron chi connectivity index (χ0n) is 18.5. The molecule has 6 nitrogen and oxygen atoms in total. The monoisotopic (exact) mass is 431 g/mol. The van der Waals surface area contributed by atoms with E-state index in [9.17, 15) is 9.59 Å². The molecule has 1 aliphatic heterocycles. The molecule has 6 heteroatoms. The largest absolute Gasteiger partial charge is 0.449 e. The molecule has 32 heavy (non-hydrogen) atoms. The molecule has 166 valence electrons. The average molecular weight is 432 g/mol. The van der Waals surface area contributed by atoms with Gasteiger partial charge in [-0.15, -0.1) is 0 Å². The van der Waals surface area contributed by atoms with Crippen LogP contribution >= 0.6 is 0 Å². The van der Waals surface area contributed by atoms with E-state index in [0.29, 0.717) is 11.8 Å². The second-order valence-corrected chi connectivity index (χ2v) is 8.53. The van der Waals surface area contributed by atoms with Crippen molar-refractivity contribution in [1.82, 2.24) is 15.6 Å². The van der Waals surface area contributed by atoms with Crippen LogP contribution in [-0.4, -0.2) is 29.3 Å². The maximum atomic E-state index is 13.4. The van der Waals surface area contributed by atoms with Crippen molar-refractivity contribution < 1.29 is 14.0 Å². The Hall–Kier alpha value is -3.25. The molecule has 0 bridgehead atoms. The Bertz CT molecular complexity index is 1060. The highest BCUT2D eigenvalue weighted by molar-refractivity contribution is 5.94. The van der Waals surface area contributed by atoms with Crippen molar-refractivity contribution in [2.45, 2.75) is 51.1 Å². The van der Waals surface area contributed by atoms with Gasteiger partial charge in [0.25, 0.3) is 0 Å². The van der Waals surface area contributed by atoms with Crippen molar-refractivity contribution in [3.05, 3.63) is 78.0 Å². The second kappa shape index (κ2) is 9.92. The molecule has 2 atom stereocenters. The Morgan fingerprint density at radius 1 is 1.19 bits per heavy atom. The summed E-state index contributed by atoms with van der Waals surface area (Å²) in [7, 11) is 0. The Kier molecular flexibility index (Phi) is 6.81. The SMILES string of the molecule is CC(C)c1ccc([C@H](NC(=O)[C@@H]2CCCN2)C(=O)Cc2ncco2)c(-c2ccccc2)c1. The van der Waals surface area contributed by atoms with Crippen LogP contribution in [0.1, 0.15) is 55.7 Å². The number of oxazole rings is 1. The van der Waals surface area contributed by atoms with E-state index in [-0.39, 0.29) is 24.2 Å². The van der Waals surface area contributed by atoms with E-state index in [1.54, 1.807) is 0 Å². The normalized spacial score (nSPS) is 16.8. The number of aromatic nitrogens is 1. The van der Waals surface area contributed by atoms with Gasteiger partial charge in [-0.25, -0.2) is 4.98 Å². The summed E-state index contributed by atoms with van der Waals surface area (Å²) in [6.45, 7) is 5.09. The van der Waals surface area contributed by atoms with Gasteiger partial charge in [-0.3, -0.25) is 9.59 Å². The molecule has 4 rings (SSSR count). The van der Waals surface area contributed by atoms with E-state index in [4.69, 9.17) is 4.42 Å². The van der Waals surface area contributed by atoms with Crippen LogP contribution in [0.15, 0.2) is 65.4 Å². The van der Waals surface area contributed by atoms with Crippen LogP contribution < -0.4 is 10.6 Å². The van der Waals surface area contributed by atoms with Crippen LogP contribution in [0.5, 0.6) is 0 Å². The van der Waals surface area contributed by atoms with E-state index < -0.39 is 6.04 Å². The standard InChI is InChI=1S/C26H29N3O3/c1-17(2)19-10-11-20(21(15-19)18-7-4-3-5-8-18)25(23(30)16-24-28-13-14-32-24)29-26(31)22-9-6-12-27-22/h3-5,7-8,10-11,13-15,17,22,25,27H,6,9,12,16H2,1-2H3,(H,29,31)/t22-,25-/m0/s1. The van der Waals surface area contributed by atoms with Crippen LogP contribution in [0, 0.1) is 0 Å². The molecule has 1 amide bonds. The van der Waals surface area contributed by atoms with E-state index in [1.807, 2.05) is 42.5 Å². The van der Waals surface area contributed by atoms with E-state index in [2.05, 4.69) is 35.5 Å². The molecule has 1 saturated heterocycles. The summed E-state index contributed by atoms with van der Waals surface area (Å²) in [4.78, 5) is 30.5. The molecular formula is C26H29N3O3. The van der Waals surface area contributed by atoms with Gasteiger partial charge in [0, 0.05) is 0 Å². The molecular weight excluding hydrogens is 402 g/mol. The van der Waals surface area contributed by atoms with Gasteiger partial charge in [-0.05, 0) is 47.6 Å². The summed E-state index contributed by atoms with van der Waals surface area (Å²) >= 11 is 0. The number of benzene rings is 2. The summed E-state index contributed by atoms with van der Waals surface area (Å²) in [5.41, 5.74) is 3.91. The van der Waals surface area contributed by atoms with Crippen LogP contribution in [0.3, 0.4) is 0 Å². The van der Waals surface area contributed by atoms with Crippen molar-refractivity contribution >= 4 is 11.7 Å². The fraction of sp³-hybridized carbons (Fsp3) is 0.346. The highest BCUT2D eigenvalue weighted by Gasteiger charge is 2.30. The summed E-state index contributed by atoms with van der Waals surface area (Å²) in [5, 5.41) is 6.24. The smallest absolute Gasteiger partial charge is 0.237 e. The summed E-state index contributed by atoms with van der Waals surface area (Å²) in [5.74, 6) is 0.368. The Morgan fingerprint density at radius 2 is 2.00 bits per heavy atom. The third-order valence-corrected chi connectivity index (χ3v) is 5.93. The first-order valence-electron chi connectivity index (χ1n) is 11.2. The van der Waals surface area contributed by atoms with Gasteiger partial charge in [0.15, 0.2) is 5.78 Å². The van der Waals surface area contributed by atoms with Crippen molar-refractivity contribution in [2.24, 2.45) is 0 Å². The number of nitrogens with one attached hydrogen (secondary N) is 2. The third-order valence-electron chi connectivity index (χ3n) is 5.93. The maximum absolute atomic E-state index is 13.4. The number of amides is 1. The molecule has 1 aromatic heterocycles. The highest BCUT2D eigenvalue weighted by Crippen LogP contribution is 2.32. The number of rotatable bonds is 8. The van der Waals surface area contributed by atoms with Gasteiger partial charge >= 0.3 is 0 Å². The maximum Gasteiger partial charge on any atom is 0.237 e. The molecule has 0 spiro atoms. The minimum absolute atomic E-state index is 0.0101. The lowest BCUT2D eigenvalue weighted by molar-refractivity contribution is -0.128. The molecule has 3 aromatic rings. The first kappa shape index (κ1) is 22.0. The van der Waals surface area contributed by atoms with E-state index in [0.717, 1.165) is 36.1 Å². The van der Waals surface area contributed by atoms with Gasteiger partial charge in [-0.1, -0.05) is 62.4 Å². The third kappa shape index (κ3) is 4.97. The summed E-state index contributed by atoms with van der Waals surface area (Å²) in [6, 6.07) is 15.0. The second-order valence-electron chi connectivity index (χ2n) is 8.53. The van der Waals surface area contributed by atoms with Crippen LogP contribution in [0.4, 0.5) is 0 Å². The van der Waals surface area contributed by atoms with Gasteiger partial charge in [0.05, 0.1) is 18.7 Å². The summed E-state index contributed by atoms with van der Waals surface area (Å²) < 4.78 is 5.30. The Balaban J connectivity index is 1.75. The average Bonchev–Trinajstić information content (AvgIpc) is 3.52. The molecule has 0 aliphatic carbocycles. The molecule has 2 heterocycles. The Morgan fingerprint density at radius 3 is 2.66 bits per heavy atom. The number of carbonyl (C=O) groups is 2.